The molecule has 0 aromatic heterocycles. The summed E-state index contributed by atoms with van der Waals surface area (Å²) >= 11 is 0. The first kappa shape index (κ1) is 17.8. The predicted molar refractivity (Wildman–Crippen MR) is 81.9 cm³/mol. The minimum Gasteiger partial charge on any atom is -0.411 e. The topological polar surface area (TPSA) is 41.8 Å². The second-order valence-corrected chi connectivity index (χ2v) is 4.72. The van der Waals surface area contributed by atoms with Crippen molar-refractivity contribution >= 4 is 5.71 Å². The van der Waals surface area contributed by atoms with Gasteiger partial charge in [-0.2, -0.15) is 0 Å². The summed E-state index contributed by atoms with van der Waals surface area (Å²) in [7, 11) is 0. The van der Waals surface area contributed by atoms with Gasteiger partial charge in [-0.15, -0.1) is 0 Å². The maximum absolute atomic E-state index is 13.2. The van der Waals surface area contributed by atoms with Gasteiger partial charge in [0.2, 0.25) is 0 Å². The summed E-state index contributed by atoms with van der Waals surface area (Å²) in [6, 6.07) is 12.8. The highest BCUT2D eigenvalue weighted by atomic mass is 19.1. The first-order valence-corrected chi connectivity index (χ1v) is 6.74. The van der Waals surface area contributed by atoms with Crippen LogP contribution in [0.2, 0.25) is 0 Å². The Balaban J connectivity index is 0.000000422. The molecule has 5 heteroatoms. The zero-order chi connectivity index (χ0) is 16.4. The summed E-state index contributed by atoms with van der Waals surface area (Å²) in [5, 5.41) is 10.5. The molecule has 0 heterocycles. The van der Waals surface area contributed by atoms with Crippen molar-refractivity contribution in [2.75, 3.05) is 0 Å². The van der Waals surface area contributed by atoms with E-state index in [9.17, 15) is 8.78 Å². The third-order valence-electron chi connectivity index (χ3n) is 2.63. The molecule has 1 N–H and O–H groups in total. The third kappa shape index (κ3) is 6.45. The fourth-order valence-electron chi connectivity index (χ4n) is 1.50. The molecule has 118 valence electrons. The zero-order valence-corrected chi connectivity index (χ0v) is 12.6. The molecule has 0 fully saturated rings. The van der Waals surface area contributed by atoms with Crippen LogP contribution >= 0.6 is 0 Å². The Kier molecular flexibility index (Phi) is 7.78. The van der Waals surface area contributed by atoms with Crippen molar-refractivity contribution in [3.63, 3.8) is 0 Å². The summed E-state index contributed by atoms with van der Waals surface area (Å²) in [4.78, 5) is 0. The lowest BCUT2D eigenvalue weighted by Gasteiger charge is -2.06. The first-order valence-electron chi connectivity index (χ1n) is 6.74. The van der Waals surface area contributed by atoms with Crippen LogP contribution in [0.5, 0.6) is 0 Å². The number of ether oxygens (including phenoxy) is 1. The standard InChI is InChI=1S/C14H12F2O.C3H7NO/c15-13-7-3-1-5-11(13)9-17-10-12-6-2-4-8-14(12)16;1-3(2)4-5/h1-8H,9-10H2;5H,1-2H3. The van der Waals surface area contributed by atoms with Gasteiger partial charge in [-0.1, -0.05) is 41.6 Å². The average Bonchev–Trinajstić information content (AvgIpc) is 2.51. The second kappa shape index (κ2) is 9.63. The van der Waals surface area contributed by atoms with Crippen LogP contribution < -0.4 is 0 Å². The van der Waals surface area contributed by atoms with Crippen LogP contribution in [0.3, 0.4) is 0 Å². The summed E-state index contributed by atoms with van der Waals surface area (Å²) in [5.74, 6) is -0.609. The fraction of sp³-hybridized carbons (Fsp3) is 0.235. The Morgan fingerprint density at radius 3 is 1.59 bits per heavy atom. The molecule has 0 aliphatic carbocycles. The molecule has 0 bridgehead atoms. The zero-order valence-electron chi connectivity index (χ0n) is 12.6. The van der Waals surface area contributed by atoms with Gasteiger partial charge < -0.3 is 9.94 Å². The number of hydrogen-bond acceptors (Lipinski definition) is 3. The molecule has 2 aromatic carbocycles. The monoisotopic (exact) mass is 307 g/mol. The highest BCUT2D eigenvalue weighted by Crippen LogP contribution is 2.11. The normalized spacial score (nSPS) is 9.64. The number of oxime groups is 1. The van der Waals surface area contributed by atoms with Crippen LogP contribution in [0.25, 0.3) is 0 Å². The molecule has 3 nitrogen and oxygen atoms in total. The lowest BCUT2D eigenvalue weighted by atomic mass is 10.2. The van der Waals surface area contributed by atoms with Crippen molar-refractivity contribution in [3.8, 4) is 0 Å². The van der Waals surface area contributed by atoms with E-state index in [-0.39, 0.29) is 24.8 Å². The lowest BCUT2D eigenvalue weighted by Crippen LogP contribution is -1.98. The van der Waals surface area contributed by atoms with Gasteiger partial charge in [0.15, 0.2) is 0 Å². The molecule has 0 spiro atoms. The number of hydrogen-bond donors (Lipinski definition) is 1. The molecule has 22 heavy (non-hydrogen) atoms. The summed E-state index contributed by atoms with van der Waals surface area (Å²) in [6.07, 6.45) is 0. The molecule has 0 atom stereocenters. The minimum atomic E-state index is -0.305. The van der Waals surface area contributed by atoms with Gasteiger partial charge in [0.1, 0.15) is 11.6 Å². The Bertz CT molecular complexity index is 566. The van der Waals surface area contributed by atoms with Crippen molar-refractivity contribution in [2.24, 2.45) is 5.16 Å². The lowest BCUT2D eigenvalue weighted by molar-refractivity contribution is 0.102. The van der Waals surface area contributed by atoms with Gasteiger partial charge >= 0.3 is 0 Å². The van der Waals surface area contributed by atoms with E-state index in [2.05, 4.69) is 5.16 Å². The maximum Gasteiger partial charge on any atom is 0.128 e. The van der Waals surface area contributed by atoms with Crippen molar-refractivity contribution < 1.29 is 18.7 Å². The van der Waals surface area contributed by atoms with Crippen LogP contribution in [-0.2, 0) is 18.0 Å². The van der Waals surface area contributed by atoms with E-state index in [1.165, 1.54) is 12.1 Å². The molecular formula is C17H19F2NO2. The SMILES string of the molecule is CC(C)=NO.Fc1ccccc1COCc1ccccc1F. The van der Waals surface area contributed by atoms with Gasteiger partial charge in [-0.3, -0.25) is 0 Å². The van der Waals surface area contributed by atoms with E-state index in [4.69, 9.17) is 9.94 Å². The molecule has 0 saturated heterocycles. The van der Waals surface area contributed by atoms with Crippen LogP contribution in [0, 0.1) is 11.6 Å². The van der Waals surface area contributed by atoms with Crippen molar-refractivity contribution in [2.45, 2.75) is 27.1 Å². The van der Waals surface area contributed by atoms with Gasteiger partial charge in [-0.25, -0.2) is 8.78 Å². The smallest absolute Gasteiger partial charge is 0.128 e. The van der Waals surface area contributed by atoms with Gasteiger partial charge in [0.25, 0.3) is 0 Å². The van der Waals surface area contributed by atoms with Crippen LogP contribution in [0.1, 0.15) is 25.0 Å². The van der Waals surface area contributed by atoms with Gasteiger partial charge in [0.05, 0.1) is 18.9 Å². The van der Waals surface area contributed by atoms with E-state index >= 15 is 0 Å². The van der Waals surface area contributed by atoms with Gasteiger partial charge in [-0.05, 0) is 26.0 Å². The molecule has 0 aliphatic rings. The highest BCUT2D eigenvalue weighted by molar-refractivity contribution is 5.78. The predicted octanol–water partition coefficient (Wildman–Crippen LogP) is 4.54. The number of halogens is 2. The molecule has 0 unspecified atom stereocenters. The van der Waals surface area contributed by atoms with E-state index < -0.39 is 0 Å². The Morgan fingerprint density at radius 1 is 0.909 bits per heavy atom. The molecule has 0 radical (unpaired) electrons. The Hall–Kier alpha value is -2.27. The summed E-state index contributed by atoms with van der Waals surface area (Å²) in [5.41, 5.74) is 1.64. The van der Waals surface area contributed by atoms with Crippen molar-refractivity contribution in [1.82, 2.24) is 0 Å². The third-order valence-corrected chi connectivity index (χ3v) is 2.63. The van der Waals surface area contributed by atoms with E-state index in [1.807, 2.05) is 0 Å². The van der Waals surface area contributed by atoms with Gasteiger partial charge in [0, 0.05) is 11.1 Å². The highest BCUT2D eigenvalue weighted by Gasteiger charge is 2.03. The van der Waals surface area contributed by atoms with E-state index in [1.54, 1.807) is 50.2 Å². The van der Waals surface area contributed by atoms with E-state index in [0.29, 0.717) is 16.8 Å². The average molecular weight is 307 g/mol. The molecule has 0 saturated carbocycles. The van der Waals surface area contributed by atoms with E-state index in [0.717, 1.165) is 0 Å². The van der Waals surface area contributed by atoms with Crippen molar-refractivity contribution in [3.05, 3.63) is 71.3 Å². The first-order chi connectivity index (χ1) is 10.5. The Morgan fingerprint density at radius 2 is 1.27 bits per heavy atom. The number of nitrogens with zero attached hydrogens (tertiary/aromatic N) is 1. The Labute approximate surface area is 128 Å². The molecule has 2 aromatic rings. The fourth-order valence-corrected chi connectivity index (χ4v) is 1.50. The quantitative estimate of drug-likeness (QED) is 0.512. The minimum absolute atomic E-state index is 0.140. The number of benzene rings is 2. The van der Waals surface area contributed by atoms with Crippen LogP contribution in [0.15, 0.2) is 53.7 Å². The summed E-state index contributed by atoms with van der Waals surface area (Å²) in [6.45, 7) is 3.72. The second-order valence-electron chi connectivity index (χ2n) is 4.72. The largest absolute Gasteiger partial charge is 0.411 e. The van der Waals surface area contributed by atoms with Crippen molar-refractivity contribution in [1.29, 1.82) is 0 Å². The molecule has 0 amide bonds. The molecule has 0 aliphatic heterocycles. The van der Waals surface area contributed by atoms with Crippen LogP contribution in [-0.4, -0.2) is 10.9 Å². The molecular weight excluding hydrogens is 288 g/mol. The van der Waals surface area contributed by atoms with Crippen LogP contribution in [0.4, 0.5) is 8.78 Å². The number of rotatable bonds is 4. The maximum atomic E-state index is 13.2. The molecule has 2 rings (SSSR count). The summed E-state index contributed by atoms with van der Waals surface area (Å²) < 4.78 is 31.8.